The van der Waals surface area contributed by atoms with Crippen molar-refractivity contribution in [3.8, 4) is 0 Å². The summed E-state index contributed by atoms with van der Waals surface area (Å²) in [5, 5.41) is 12.0. The second-order valence-corrected chi connectivity index (χ2v) is 2.37. The molecule has 0 spiro atoms. The van der Waals surface area contributed by atoms with E-state index in [0.717, 1.165) is 19.3 Å². The third-order valence-corrected chi connectivity index (χ3v) is 1.57. The molecule has 1 rings (SSSR count). The molecule has 3 nitrogen and oxygen atoms in total. The van der Waals surface area contributed by atoms with E-state index in [2.05, 4.69) is 5.32 Å². The Morgan fingerprint density at radius 3 is 2.89 bits per heavy atom. The molecule has 0 amide bonds. The predicted octanol–water partition coefficient (Wildman–Crippen LogP) is -0.702. The van der Waals surface area contributed by atoms with Crippen molar-refractivity contribution in [2.75, 3.05) is 6.54 Å². The summed E-state index contributed by atoms with van der Waals surface area (Å²) < 4.78 is 0. The smallest absolute Gasteiger partial charge is 0.136 e. The van der Waals surface area contributed by atoms with E-state index in [1.54, 1.807) is 0 Å². The highest BCUT2D eigenvalue weighted by Crippen LogP contribution is 2.05. The number of hydrogen-bond acceptors (Lipinski definition) is 3. The normalized spacial score (nSPS) is 36.1. The van der Waals surface area contributed by atoms with Gasteiger partial charge in [-0.25, -0.2) is 0 Å². The summed E-state index contributed by atoms with van der Waals surface area (Å²) >= 11 is 0. The van der Waals surface area contributed by atoms with Gasteiger partial charge in [0.05, 0.1) is 12.1 Å². The maximum atomic E-state index is 10.1. The topological polar surface area (TPSA) is 49.3 Å². The largest absolute Gasteiger partial charge is 0.393 e. The molecule has 2 atom stereocenters. The van der Waals surface area contributed by atoms with E-state index in [-0.39, 0.29) is 12.1 Å². The SMILES string of the molecule is O=C[C@H]1C[C@@H](O)CCN1. The van der Waals surface area contributed by atoms with Gasteiger partial charge in [0.2, 0.25) is 0 Å². The first kappa shape index (κ1) is 6.71. The van der Waals surface area contributed by atoms with Crippen LogP contribution < -0.4 is 5.32 Å². The molecule has 0 radical (unpaired) electrons. The third-order valence-electron chi connectivity index (χ3n) is 1.57. The van der Waals surface area contributed by atoms with E-state index in [9.17, 15) is 4.79 Å². The Bertz CT molecular complexity index is 105. The quantitative estimate of drug-likeness (QED) is 0.460. The van der Waals surface area contributed by atoms with Crippen LogP contribution >= 0.6 is 0 Å². The molecule has 3 heteroatoms. The third kappa shape index (κ3) is 1.77. The van der Waals surface area contributed by atoms with Crippen LogP contribution in [0, 0.1) is 0 Å². The first-order chi connectivity index (χ1) is 4.33. The average molecular weight is 129 g/mol. The van der Waals surface area contributed by atoms with Gasteiger partial charge in [0.25, 0.3) is 0 Å². The molecule has 1 aliphatic rings. The number of nitrogens with one attached hydrogen (secondary N) is 1. The van der Waals surface area contributed by atoms with Gasteiger partial charge in [-0.1, -0.05) is 0 Å². The molecule has 1 saturated heterocycles. The Balaban J connectivity index is 2.31. The van der Waals surface area contributed by atoms with Crippen molar-refractivity contribution >= 4 is 6.29 Å². The van der Waals surface area contributed by atoms with Crippen LogP contribution in [0.4, 0.5) is 0 Å². The fourth-order valence-corrected chi connectivity index (χ4v) is 1.03. The van der Waals surface area contributed by atoms with Gasteiger partial charge in [-0.3, -0.25) is 0 Å². The van der Waals surface area contributed by atoms with E-state index in [1.165, 1.54) is 0 Å². The number of aliphatic hydroxyl groups is 1. The first-order valence-electron chi connectivity index (χ1n) is 3.19. The van der Waals surface area contributed by atoms with Crippen molar-refractivity contribution in [1.82, 2.24) is 5.32 Å². The fraction of sp³-hybridized carbons (Fsp3) is 0.833. The number of rotatable bonds is 1. The van der Waals surface area contributed by atoms with Crippen LogP contribution in [0.1, 0.15) is 12.8 Å². The summed E-state index contributed by atoms with van der Waals surface area (Å²) in [5.74, 6) is 0. The van der Waals surface area contributed by atoms with E-state index < -0.39 is 0 Å². The minimum absolute atomic E-state index is 0.117. The van der Waals surface area contributed by atoms with Crippen LogP contribution in [0.25, 0.3) is 0 Å². The lowest BCUT2D eigenvalue weighted by Gasteiger charge is -2.22. The van der Waals surface area contributed by atoms with E-state index in [0.29, 0.717) is 6.42 Å². The molecular formula is C6H11NO2. The van der Waals surface area contributed by atoms with Gasteiger partial charge in [-0.15, -0.1) is 0 Å². The summed E-state index contributed by atoms with van der Waals surface area (Å²) in [6.45, 7) is 0.755. The Kier molecular flexibility index (Phi) is 2.19. The van der Waals surface area contributed by atoms with Crippen molar-refractivity contribution in [2.24, 2.45) is 0 Å². The van der Waals surface area contributed by atoms with Crippen molar-refractivity contribution in [2.45, 2.75) is 25.0 Å². The Hall–Kier alpha value is -0.410. The fourth-order valence-electron chi connectivity index (χ4n) is 1.03. The Morgan fingerprint density at radius 1 is 1.67 bits per heavy atom. The summed E-state index contributed by atoms with van der Waals surface area (Å²) in [6, 6.07) is -0.117. The van der Waals surface area contributed by atoms with Crippen LogP contribution in [-0.2, 0) is 4.79 Å². The van der Waals surface area contributed by atoms with Gasteiger partial charge in [0.15, 0.2) is 0 Å². The molecule has 0 aromatic rings. The van der Waals surface area contributed by atoms with Gasteiger partial charge in [0.1, 0.15) is 6.29 Å². The molecule has 0 aromatic heterocycles. The molecule has 1 aliphatic heterocycles. The van der Waals surface area contributed by atoms with Crippen LogP contribution in [0.3, 0.4) is 0 Å². The van der Waals surface area contributed by atoms with Gasteiger partial charge < -0.3 is 15.2 Å². The summed E-state index contributed by atoms with van der Waals surface area (Å²) in [7, 11) is 0. The summed E-state index contributed by atoms with van der Waals surface area (Å²) in [5.41, 5.74) is 0. The van der Waals surface area contributed by atoms with Gasteiger partial charge in [-0.05, 0) is 19.4 Å². The van der Waals surface area contributed by atoms with Gasteiger partial charge in [0, 0.05) is 0 Å². The monoisotopic (exact) mass is 129 g/mol. The second kappa shape index (κ2) is 2.94. The maximum Gasteiger partial charge on any atom is 0.136 e. The minimum atomic E-state index is -0.276. The predicted molar refractivity (Wildman–Crippen MR) is 33.1 cm³/mol. The van der Waals surface area contributed by atoms with Crippen molar-refractivity contribution in [1.29, 1.82) is 0 Å². The first-order valence-corrected chi connectivity index (χ1v) is 3.19. The lowest BCUT2D eigenvalue weighted by atomic mass is 10.0. The van der Waals surface area contributed by atoms with Crippen LogP contribution in [0.15, 0.2) is 0 Å². The Morgan fingerprint density at radius 2 is 2.44 bits per heavy atom. The molecule has 2 N–H and O–H groups in total. The summed E-state index contributed by atoms with van der Waals surface area (Å²) in [4.78, 5) is 10.1. The van der Waals surface area contributed by atoms with Crippen molar-refractivity contribution in [3.63, 3.8) is 0 Å². The number of carbonyl (C=O) groups excluding carboxylic acids is 1. The number of hydrogen-bond donors (Lipinski definition) is 2. The minimum Gasteiger partial charge on any atom is -0.393 e. The zero-order valence-electron chi connectivity index (χ0n) is 5.21. The number of piperidine rings is 1. The molecule has 9 heavy (non-hydrogen) atoms. The molecule has 0 aromatic carbocycles. The maximum absolute atomic E-state index is 10.1. The number of carbonyl (C=O) groups is 1. The second-order valence-electron chi connectivity index (χ2n) is 2.37. The average Bonchev–Trinajstić information content (AvgIpc) is 1.88. The molecule has 0 saturated carbocycles. The Labute approximate surface area is 54.1 Å². The standard InChI is InChI=1S/C6H11NO2/c8-4-5-3-6(9)1-2-7-5/h4-7,9H,1-3H2/t5-,6+/m1/s1. The van der Waals surface area contributed by atoms with Gasteiger partial charge in [-0.2, -0.15) is 0 Å². The van der Waals surface area contributed by atoms with Crippen LogP contribution in [0.5, 0.6) is 0 Å². The van der Waals surface area contributed by atoms with Crippen molar-refractivity contribution < 1.29 is 9.90 Å². The highest BCUT2D eigenvalue weighted by atomic mass is 16.3. The van der Waals surface area contributed by atoms with E-state index >= 15 is 0 Å². The molecule has 52 valence electrons. The number of aliphatic hydroxyl groups excluding tert-OH is 1. The van der Waals surface area contributed by atoms with E-state index in [4.69, 9.17) is 5.11 Å². The van der Waals surface area contributed by atoms with Crippen molar-refractivity contribution in [3.05, 3.63) is 0 Å². The zero-order valence-corrected chi connectivity index (χ0v) is 5.21. The number of aldehydes is 1. The molecule has 1 heterocycles. The lowest BCUT2D eigenvalue weighted by Crippen LogP contribution is -2.41. The van der Waals surface area contributed by atoms with Crippen LogP contribution in [0.2, 0.25) is 0 Å². The molecule has 0 unspecified atom stereocenters. The lowest BCUT2D eigenvalue weighted by molar-refractivity contribution is -0.110. The molecule has 1 fully saturated rings. The van der Waals surface area contributed by atoms with Crippen LogP contribution in [-0.4, -0.2) is 30.1 Å². The summed E-state index contributed by atoms with van der Waals surface area (Å²) in [6.07, 6.45) is 1.91. The molecular weight excluding hydrogens is 118 g/mol. The van der Waals surface area contributed by atoms with E-state index in [1.807, 2.05) is 0 Å². The molecule has 0 bridgehead atoms. The highest BCUT2D eigenvalue weighted by Gasteiger charge is 2.17. The van der Waals surface area contributed by atoms with Gasteiger partial charge >= 0.3 is 0 Å². The highest BCUT2D eigenvalue weighted by molar-refractivity contribution is 5.57. The molecule has 0 aliphatic carbocycles. The zero-order chi connectivity index (χ0) is 6.69.